The van der Waals surface area contributed by atoms with Crippen molar-refractivity contribution in [3.05, 3.63) is 58.1 Å². The van der Waals surface area contributed by atoms with E-state index >= 15 is 0 Å². The van der Waals surface area contributed by atoms with Crippen LogP contribution in [0.4, 0.5) is 17.1 Å². The molecule has 2 aromatic rings. The van der Waals surface area contributed by atoms with E-state index in [0.717, 1.165) is 18.4 Å². The maximum Gasteiger partial charge on any atom is 0.337 e. The number of methoxy groups -OCH3 is 2. The third-order valence-electron chi connectivity index (χ3n) is 3.92. The van der Waals surface area contributed by atoms with Crippen LogP contribution in [0.3, 0.4) is 0 Å². The van der Waals surface area contributed by atoms with E-state index in [4.69, 9.17) is 4.74 Å². The Balaban J connectivity index is 2.30. The number of anilines is 2. The minimum absolute atomic E-state index is 0.0428. The fourth-order valence-corrected chi connectivity index (χ4v) is 3.36. The number of ether oxygens (including phenoxy) is 2. The van der Waals surface area contributed by atoms with Gasteiger partial charge in [-0.3, -0.25) is 19.2 Å². The SMILES string of the molecule is COC(=O)c1ccc(NC(=O)CN(c2cc([N+](=O)[O-])ccc2OC)S(C)(=O)=O)cc1. The molecule has 0 aliphatic rings. The van der Waals surface area contributed by atoms with E-state index < -0.39 is 33.4 Å². The molecule has 11 nitrogen and oxygen atoms in total. The Labute approximate surface area is 172 Å². The number of esters is 1. The van der Waals surface area contributed by atoms with Gasteiger partial charge in [0.05, 0.1) is 31.0 Å². The quantitative estimate of drug-likeness (QED) is 0.374. The van der Waals surface area contributed by atoms with Gasteiger partial charge in [0.15, 0.2) is 0 Å². The molecule has 0 aliphatic heterocycles. The van der Waals surface area contributed by atoms with E-state index in [2.05, 4.69) is 10.1 Å². The maximum atomic E-state index is 12.5. The van der Waals surface area contributed by atoms with E-state index in [1.165, 1.54) is 44.6 Å². The molecule has 0 unspecified atom stereocenters. The number of hydrogen-bond donors (Lipinski definition) is 1. The number of sulfonamides is 1. The number of amides is 1. The van der Waals surface area contributed by atoms with Crippen molar-refractivity contribution in [3.63, 3.8) is 0 Å². The summed E-state index contributed by atoms with van der Waals surface area (Å²) in [6.45, 7) is -0.658. The van der Waals surface area contributed by atoms with Crippen LogP contribution in [0.25, 0.3) is 0 Å². The van der Waals surface area contributed by atoms with E-state index in [0.29, 0.717) is 9.99 Å². The van der Waals surface area contributed by atoms with Crippen molar-refractivity contribution in [3.8, 4) is 5.75 Å². The van der Waals surface area contributed by atoms with Crippen LogP contribution in [0.15, 0.2) is 42.5 Å². The van der Waals surface area contributed by atoms with Gasteiger partial charge in [0.2, 0.25) is 15.9 Å². The molecule has 0 atom stereocenters. The highest BCUT2D eigenvalue weighted by Gasteiger charge is 2.26. The van der Waals surface area contributed by atoms with Crippen LogP contribution in [0.1, 0.15) is 10.4 Å². The zero-order valence-corrected chi connectivity index (χ0v) is 17.1. The molecule has 2 aromatic carbocycles. The molecule has 0 bridgehead atoms. The lowest BCUT2D eigenvalue weighted by atomic mass is 10.2. The van der Waals surface area contributed by atoms with Gasteiger partial charge in [-0.05, 0) is 30.3 Å². The number of benzene rings is 2. The standard InChI is InChI=1S/C18H19N3O8S/c1-28-16-9-8-14(21(24)25)10-15(16)20(30(3,26)27)11-17(22)19-13-6-4-12(5-7-13)18(23)29-2/h4-10H,11H2,1-3H3,(H,19,22). The normalized spacial score (nSPS) is 10.8. The summed E-state index contributed by atoms with van der Waals surface area (Å²) in [6, 6.07) is 9.17. The van der Waals surface area contributed by atoms with Crippen LogP contribution in [-0.2, 0) is 19.6 Å². The van der Waals surface area contributed by atoms with E-state index in [-0.39, 0.29) is 22.7 Å². The highest BCUT2D eigenvalue weighted by Crippen LogP contribution is 2.33. The largest absolute Gasteiger partial charge is 0.495 e. The van der Waals surface area contributed by atoms with Gasteiger partial charge in [-0.2, -0.15) is 0 Å². The number of rotatable bonds is 8. The third-order valence-corrected chi connectivity index (χ3v) is 5.05. The second-order valence-electron chi connectivity index (χ2n) is 6.00. The Bertz CT molecular complexity index is 1070. The van der Waals surface area contributed by atoms with Gasteiger partial charge in [0.1, 0.15) is 18.0 Å². The highest BCUT2D eigenvalue weighted by atomic mass is 32.2. The van der Waals surface area contributed by atoms with Crippen LogP contribution in [0, 0.1) is 10.1 Å². The van der Waals surface area contributed by atoms with Crippen LogP contribution in [0.2, 0.25) is 0 Å². The number of hydrogen-bond acceptors (Lipinski definition) is 8. The van der Waals surface area contributed by atoms with Crippen molar-refractivity contribution in [1.82, 2.24) is 0 Å². The molecular formula is C18H19N3O8S. The Morgan fingerprint density at radius 1 is 1.13 bits per heavy atom. The average molecular weight is 437 g/mol. The van der Waals surface area contributed by atoms with Crippen LogP contribution < -0.4 is 14.4 Å². The number of nitrogens with zero attached hydrogens (tertiary/aromatic N) is 2. The van der Waals surface area contributed by atoms with Crippen molar-refractivity contribution in [2.45, 2.75) is 0 Å². The summed E-state index contributed by atoms with van der Waals surface area (Å²) in [6.07, 6.45) is 0.865. The van der Waals surface area contributed by atoms with E-state index in [9.17, 15) is 28.1 Å². The molecule has 160 valence electrons. The molecule has 0 aliphatic carbocycles. The molecule has 0 fully saturated rings. The minimum Gasteiger partial charge on any atom is -0.495 e. The highest BCUT2D eigenvalue weighted by molar-refractivity contribution is 7.92. The maximum absolute atomic E-state index is 12.5. The van der Waals surface area contributed by atoms with E-state index in [1.54, 1.807) is 0 Å². The summed E-state index contributed by atoms with van der Waals surface area (Å²) in [7, 11) is -1.49. The molecule has 0 aromatic heterocycles. The monoisotopic (exact) mass is 437 g/mol. The van der Waals surface area contributed by atoms with Gasteiger partial charge in [0.25, 0.3) is 5.69 Å². The predicted molar refractivity (Wildman–Crippen MR) is 108 cm³/mol. The lowest BCUT2D eigenvalue weighted by Crippen LogP contribution is -2.37. The van der Waals surface area contributed by atoms with Crippen molar-refractivity contribution in [2.75, 3.05) is 36.6 Å². The average Bonchev–Trinajstić information content (AvgIpc) is 2.70. The summed E-state index contributed by atoms with van der Waals surface area (Å²) >= 11 is 0. The van der Waals surface area contributed by atoms with Crippen molar-refractivity contribution in [1.29, 1.82) is 0 Å². The van der Waals surface area contributed by atoms with Gasteiger partial charge in [0, 0.05) is 17.8 Å². The van der Waals surface area contributed by atoms with Crippen LogP contribution in [0.5, 0.6) is 5.75 Å². The fraction of sp³-hybridized carbons (Fsp3) is 0.222. The Morgan fingerprint density at radius 3 is 2.27 bits per heavy atom. The van der Waals surface area contributed by atoms with Gasteiger partial charge in [-0.15, -0.1) is 0 Å². The van der Waals surface area contributed by atoms with E-state index in [1.807, 2.05) is 0 Å². The number of non-ortho nitro benzene ring substituents is 1. The molecule has 2 rings (SSSR count). The Morgan fingerprint density at radius 2 is 1.77 bits per heavy atom. The lowest BCUT2D eigenvalue weighted by Gasteiger charge is -2.23. The molecule has 0 spiro atoms. The number of carbonyl (C=O) groups excluding carboxylic acids is 2. The molecule has 0 saturated heterocycles. The lowest BCUT2D eigenvalue weighted by molar-refractivity contribution is -0.384. The zero-order chi connectivity index (χ0) is 22.5. The summed E-state index contributed by atoms with van der Waals surface area (Å²) < 4.78 is 35.0. The predicted octanol–water partition coefficient (Wildman–Crippen LogP) is 1.79. The number of nitro benzene ring substituents is 1. The smallest absolute Gasteiger partial charge is 0.337 e. The van der Waals surface area contributed by atoms with Crippen molar-refractivity contribution in [2.24, 2.45) is 0 Å². The summed E-state index contributed by atoms with van der Waals surface area (Å²) in [5.41, 5.74) is 0.0744. The minimum atomic E-state index is -3.99. The summed E-state index contributed by atoms with van der Waals surface area (Å²) in [4.78, 5) is 34.3. The van der Waals surface area contributed by atoms with Gasteiger partial charge < -0.3 is 14.8 Å². The summed E-state index contributed by atoms with van der Waals surface area (Å²) in [5.74, 6) is -1.21. The zero-order valence-electron chi connectivity index (χ0n) is 16.3. The molecule has 12 heteroatoms. The first-order valence-corrected chi connectivity index (χ1v) is 10.2. The molecule has 0 radical (unpaired) electrons. The first-order valence-electron chi connectivity index (χ1n) is 8.35. The molecule has 1 amide bonds. The third kappa shape index (κ3) is 5.44. The Kier molecular flexibility index (Phi) is 6.95. The molecular weight excluding hydrogens is 418 g/mol. The van der Waals surface area contributed by atoms with Crippen LogP contribution in [-0.4, -0.2) is 52.2 Å². The van der Waals surface area contributed by atoms with Crippen molar-refractivity contribution >= 4 is 39.0 Å². The summed E-state index contributed by atoms with van der Waals surface area (Å²) in [5, 5.41) is 13.6. The number of nitrogens with one attached hydrogen (secondary N) is 1. The van der Waals surface area contributed by atoms with Gasteiger partial charge in [-0.25, -0.2) is 13.2 Å². The first kappa shape index (κ1) is 22.6. The first-order chi connectivity index (χ1) is 14.1. The fourth-order valence-electron chi connectivity index (χ4n) is 2.51. The molecule has 0 heterocycles. The van der Waals surface area contributed by atoms with Gasteiger partial charge >= 0.3 is 5.97 Å². The molecule has 1 N–H and O–H groups in total. The second-order valence-corrected chi connectivity index (χ2v) is 7.91. The van der Waals surface area contributed by atoms with Crippen molar-refractivity contribution < 1.29 is 32.4 Å². The molecule has 0 saturated carbocycles. The number of carbonyl (C=O) groups is 2. The molecule has 30 heavy (non-hydrogen) atoms. The Hall–Kier alpha value is -3.67. The van der Waals surface area contributed by atoms with Gasteiger partial charge in [-0.1, -0.05) is 0 Å². The second kappa shape index (κ2) is 9.22. The van der Waals surface area contributed by atoms with Crippen LogP contribution >= 0.6 is 0 Å². The topological polar surface area (TPSA) is 145 Å². The number of nitro groups is 1.